The van der Waals surface area contributed by atoms with E-state index in [4.69, 9.17) is 14.2 Å². The molecule has 1 fully saturated rings. The predicted octanol–water partition coefficient (Wildman–Crippen LogP) is 3.68. The number of amides is 2. The topological polar surface area (TPSA) is 108 Å². The molecule has 0 N–H and O–H groups in total. The molecule has 0 aromatic rings. The van der Waals surface area contributed by atoms with E-state index in [9.17, 15) is 19.2 Å². The summed E-state index contributed by atoms with van der Waals surface area (Å²) in [6, 6.07) is 0. The minimum Gasteiger partial charge on any atom is -0.463 e. The number of rotatable bonds is 17. The number of esters is 1. The zero-order chi connectivity index (χ0) is 22.0. The molecule has 0 bridgehead atoms. The van der Waals surface area contributed by atoms with E-state index in [0.29, 0.717) is 11.5 Å². The summed E-state index contributed by atoms with van der Waals surface area (Å²) in [6.45, 7) is 2.50. The van der Waals surface area contributed by atoms with E-state index >= 15 is 0 Å². The first-order valence-corrected chi connectivity index (χ1v) is 11.0. The SMILES string of the molecule is CCCCCCCCCCCC(=O)OCCOCCOC(=O)ON1C(=O)CCC1=O. The Morgan fingerprint density at radius 3 is 1.90 bits per heavy atom. The van der Waals surface area contributed by atoms with Crippen LogP contribution in [0.5, 0.6) is 0 Å². The van der Waals surface area contributed by atoms with E-state index in [1.54, 1.807) is 0 Å². The quantitative estimate of drug-likeness (QED) is 0.196. The highest BCUT2D eigenvalue weighted by atomic mass is 16.8. The second kappa shape index (κ2) is 16.6. The molecular formula is C21H35NO8. The van der Waals surface area contributed by atoms with Gasteiger partial charge in [0, 0.05) is 19.3 Å². The molecule has 0 atom stereocenters. The van der Waals surface area contributed by atoms with Crippen molar-refractivity contribution in [3.05, 3.63) is 0 Å². The number of ether oxygens (including phenoxy) is 3. The first kappa shape index (κ1) is 25.9. The van der Waals surface area contributed by atoms with Gasteiger partial charge in [0.15, 0.2) is 0 Å². The van der Waals surface area contributed by atoms with E-state index in [1.807, 2.05) is 0 Å². The van der Waals surface area contributed by atoms with Gasteiger partial charge in [0.1, 0.15) is 13.2 Å². The lowest BCUT2D eigenvalue weighted by molar-refractivity contribution is -0.177. The highest BCUT2D eigenvalue weighted by molar-refractivity contribution is 6.01. The number of hydrogen-bond acceptors (Lipinski definition) is 8. The average Bonchev–Trinajstić information content (AvgIpc) is 3.03. The fourth-order valence-electron chi connectivity index (χ4n) is 2.91. The molecule has 1 heterocycles. The van der Waals surface area contributed by atoms with Crippen molar-refractivity contribution in [3.63, 3.8) is 0 Å². The van der Waals surface area contributed by atoms with Gasteiger partial charge in [0.05, 0.1) is 13.2 Å². The standard InChI is InChI=1S/C21H35NO8/c1-2-3-4-5-6-7-8-9-10-11-20(25)28-16-14-27-15-17-29-21(26)30-22-18(23)12-13-19(22)24/h2-17H2,1H3. The van der Waals surface area contributed by atoms with Gasteiger partial charge >= 0.3 is 12.1 Å². The van der Waals surface area contributed by atoms with Crippen LogP contribution in [0.4, 0.5) is 4.79 Å². The number of hydrogen-bond donors (Lipinski definition) is 0. The number of hydroxylamine groups is 2. The monoisotopic (exact) mass is 429 g/mol. The highest BCUT2D eigenvalue weighted by Crippen LogP contribution is 2.12. The summed E-state index contributed by atoms with van der Waals surface area (Å²) in [6.07, 6.45) is 10.1. The molecule has 30 heavy (non-hydrogen) atoms. The van der Waals surface area contributed by atoms with E-state index in [2.05, 4.69) is 11.8 Å². The van der Waals surface area contributed by atoms with Gasteiger partial charge < -0.3 is 14.2 Å². The van der Waals surface area contributed by atoms with Crippen molar-refractivity contribution in [1.29, 1.82) is 0 Å². The van der Waals surface area contributed by atoms with Crippen molar-refractivity contribution < 1.29 is 38.2 Å². The van der Waals surface area contributed by atoms with E-state index < -0.39 is 18.0 Å². The molecule has 9 nitrogen and oxygen atoms in total. The number of unbranched alkanes of at least 4 members (excludes halogenated alkanes) is 8. The molecular weight excluding hydrogens is 394 g/mol. The van der Waals surface area contributed by atoms with Crippen molar-refractivity contribution in [2.45, 2.75) is 84.0 Å². The summed E-state index contributed by atoms with van der Waals surface area (Å²) in [7, 11) is 0. The summed E-state index contributed by atoms with van der Waals surface area (Å²) >= 11 is 0. The Labute approximate surface area is 178 Å². The van der Waals surface area contributed by atoms with Crippen molar-refractivity contribution >= 4 is 23.9 Å². The first-order valence-electron chi connectivity index (χ1n) is 11.0. The lowest BCUT2D eigenvalue weighted by Crippen LogP contribution is -2.32. The fraction of sp³-hybridized carbons (Fsp3) is 0.810. The minimum absolute atomic E-state index is 0.0209. The predicted molar refractivity (Wildman–Crippen MR) is 107 cm³/mol. The molecule has 9 heteroatoms. The summed E-state index contributed by atoms with van der Waals surface area (Å²) in [5.41, 5.74) is 0. The number of imide groups is 1. The van der Waals surface area contributed by atoms with Gasteiger partial charge in [0.2, 0.25) is 0 Å². The third-order valence-electron chi connectivity index (χ3n) is 4.59. The van der Waals surface area contributed by atoms with Gasteiger partial charge in [-0.25, -0.2) is 4.79 Å². The van der Waals surface area contributed by atoms with Crippen LogP contribution >= 0.6 is 0 Å². The first-order chi connectivity index (χ1) is 14.5. The second-order valence-electron chi connectivity index (χ2n) is 7.18. The summed E-state index contributed by atoms with van der Waals surface area (Å²) < 4.78 is 15.0. The Balaban J connectivity index is 1.86. The molecule has 0 unspecified atom stereocenters. The Kier molecular flexibility index (Phi) is 14.3. The second-order valence-corrected chi connectivity index (χ2v) is 7.18. The fourth-order valence-corrected chi connectivity index (χ4v) is 2.91. The minimum atomic E-state index is -1.14. The summed E-state index contributed by atoms with van der Waals surface area (Å²) in [5, 5.41) is 0.413. The average molecular weight is 430 g/mol. The van der Waals surface area contributed by atoms with Crippen LogP contribution < -0.4 is 0 Å². The third-order valence-corrected chi connectivity index (χ3v) is 4.59. The van der Waals surface area contributed by atoms with Gasteiger partial charge in [-0.15, -0.1) is 0 Å². The van der Waals surface area contributed by atoms with Crippen molar-refractivity contribution in [2.24, 2.45) is 0 Å². The van der Waals surface area contributed by atoms with Crippen LogP contribution in [0.2, 0.25) is 0 Å². The molecule has 2 amide bonds. The van der Waals surface area contributed by atoms with Crippen molar-refractivity contribution in [1.82, 2.24) is 5.06 Å². The molecule has 1 aliphatic rings. The molecule has 0 aromatic carbocycles. The Hall–Kier alpha value is -2.16. The Morgan fingerprint density at radius 1 is 0.767 bits per heavy atom. The number of carbonyl (C=O) groups excluding carboxylic acids is 4. The summed E-state index contributed by atoms with van der Waals surface area (Å²) in [5.74, 6) is -1.38. The van der Waals surface area contributed by atoms with Crippen LogP contribution in [-0.4, -0.2) is 55.4 Å². The van der Waals surface area contributed by atoms with Crippen LogP contribution in [0.25, 0.3) is 0 Å². The Bertz CT molecular complexity index is 521. The lowest BCUT2D eigenvalue weighted by atomic mass is 10.1. The third kappa shape index (κ3) is 12.4. The molecule has 172 valence electrons. The maximum absolute atomic E-state index is 11.6. The van der Waals surface area contributed by atoms with Gasteiger partial charge in [-0.05, 0) is 6.42 Å². The smallest absolute Gasteiger partial charge is 0.463 e. The number of carbonyl (C=O) groups is 4. The van der Waals surface area contributed by atoms with E-state index in [0.717, 1.165) is 19.3 Å². The highest BCUT2D eigenvalue weighted by Gasteiger charge is 2.33. The van der Waals surface area contributed by atoms with Crippen LogP contribution in [0, 0.1) is 0 Å². The largest absolute Gasteiger partial charge is 0.534 e. The van der Waals surface area contributed by atoms with Crippen LogP contribution in [0.3, 0.4) is 0 Å². The normalized spacial score (nSPS) is 13.6. The molecule has 1 saturated heterocycles. The Morgan fingerprint density at radius 2 is 1.30 bits per heavy atom. The molecule has 0 aliphatic carbocycles. The summed E-state index contributed by atoms with van der Waals surface area (Å²) in [4.78, 5) is 50.1. The zero-order valence-electron chi connectivity index (χ0n) is 18.0. The molecule has 0 radical (unpaired) electrons. The molecule has 1 rings (SSSR count). The molecule has 1 aliphatic heterocycles. The maximum atomic E-state index is 11.6. The molecule has 0 spiro atoms. The van der Waals surface area contributed by atoms with Crippen LogP contribution in [0.15, 0.2) is 0 Å². The number of nitrogens with zero attached hydrogens (tertiary/aromatic N) is 1. The van der Waals surface area contributed by atoms with Crippen LogP contribution in [-0.2, 0) is 33.4 Å². The van der Waals surface area contributed by atoms with Crippen molar-refractivity contribution in [3.8, 4) is 0 Å². The maximum Gasteiger partial charge on any atom is 0.534 e. The molecule has 0 aromatic heterocycles. The lowest BCUT2D eigenvalue weighted by Gasteiger charge is -2.12. The van der Waals surface area contributed by atoms with Crippen LogP contribution in [0.1, 0.15) is 84.0 Å². The van der Waals surface area contributed by atoms with Crippen molar-refractivity contribution in [2.75, 3.05) is 26.4 Å². The van der Waals surface area contributed by atoms with Gasteiger partial charge in [-0.2, -0.15) is 0 Å². The zero-order valence-corrected chi connectivity index (χ0v) is 18.0. The molecule has 0 saturated carbocycles. The van der Waals surface area contributed by atoms with Gasteiger partial charge in [-0.3, -0.25) is 19.2 Å². The van der Waals surface area contributed by atoms with E-state index in [-0.39, 0.29) is 45.2 Å². The van der Waals surface area contributed by atoms with Gasteiger partial charge in [-0.1, -0.05) is 63.4 Å². The van der Waals surface area contributed by atoms with Gasteiger partial charge in [0.25, 0.3) is 11.8 Å². The van der Waals surface area contributed by atoms with E-state index in [1.165, 1.54) is 38.5 Å².